The van der Waals surface area contributed by atoms with Gasteiger partial charge in [-0.1, -0.05) is 42.1 Å². The quantitative estimate of drug-likeness (QED) is 0.453. The van der Waals surface area contributed by atoms with Crippen LogP contribution < -0.4 is 10.9 Å². The number of amides is 1. The second-order valence-electron chi connectivity index (χ2n) is 7.91. The van der Waals surface area contributed by atoms with E-state index in [4.69, 9.17) is 4.98 Å². The zero-order valence-corrected chi connectivity index (χ0v) is 19.6. The predicted octanol–water partition coefficient (Wildman–Crippen LogP) is 4.56. The van der Waals surface area contributed by atoms with Gasteiger partial charge in [0.1, 0.15) is 10.5 Å². The number of hydrogen-bond donors (Lipinski definition) is 2. The van der Waals surface area contributed by atoms with E-state index in [0.29, 0.717) is 17.1 Å². The van der Waals surface area contributed by atoms with Gasteiger partial charge in [0.15, 0.2) is 0 Å². The summed E-state index contributed by atoms with van der Waals surface area (Å²) in [7, 11) is 0. The predicted molar refractivity (Wildman–Crippen MR) is 126 cm³/mol. The van der Waals surface area contributed by atoms with E-state index in [1.165, 1.54) is 24.2 Å². The van der Waals surface area contributed by atoms with Gasteiger partial charge in [0.05, 0.1) is 18.1 Å². The number of hydrogen-bond acceptors (Lipinski definition) is 5. The molecular formula is C22H27BrN4O2S. The van der Waals surface area contributed by atoms with E-state index in [9.17, 15) is 9.59 Å². The third-order valence-electron chi connectivity index (χ3n) is 5.68. The van der Waals surface area contributed by atoms with Crippen molar-refractivity contribution in [3.8, 4) is 0 Å². The minimum atomic E-state index is -0.148. The van der Waals surface area contributed by atoms with E-state index >= 15 is 0 Å². The second-order valence-corrected chi connectivity index (χ2v) is 9.88. The first-order chi connectivity index (χ1) is 14.6. The Morgan fingerprint density at radius 1 is 1.37 bits per heavy atom. The van der Waals surface area contributed by atoms with E-state index < -0.39 is 0 Å². The maximum atomic E-state index is 12.7. The number of nitrogens with one attached hydrogen (secondary N) is 2. The molecular weight excluding hydrogens is 464 g/mol. The minimum Gasteiger partial charge on any atom is -0.355 e. The van der Waals surface area contributed by atoms with Crippen LogP contribution in [0.3, 0.4) is 0 Å². The molecule has 1 atom stereocenters. The largest absolute Gasteiger partial charge is 0.355 e. The number of rotatable bonds is 8. The highest BCUT2D eigenvalue weighted by Crippen LogP contribution is 2.32. The minimum absolute atomic E-state index is 0.0948. The molecule has 1 aliphatic rings. The van der Waals surface area contributed by atoms with Crippen LogP contribution in [0.5, 0.6) is 0 Å². The van der Waals surface area contributed by atoms with Crippen molar-refractivity contribution in [1.82, 2.24) is 20.2 Å². The number of unbranched alkanes of at least 4 members (excludes halogenated alkanes) is 3. The lowest BCUT2D eigenvalue weighted by Crippen LogP contribution is -2.43. The van der Waals surface area contributed by atoms with E-state index in [-0.39, 0.29) is 17.5 Å². The fourth-order valence-corrected chi connectivity index (χ4v) is 5.51. The lowest BCUT2D eigenvalue weighted by atomic mass is 10.2. The Balaban J connectivity index is 1.50. The van der Waals surface area contributed by atoms with Crippen LogP contribution in [-0.2, 0) is 11.3 Å². The Morgan fingerprint density at radius 3 is 3.07 bits per heavy atom. The van der Waals surface area contributed by atoms with Crippen molar-refractivity contribution in [3.63, 3.8) is 0 Å². The van der Waals surface area contributed by atoms with Crippen molar-refractivity contribution in [2.24, 2.45) is 0 Å². The normalized spacial score (nSPS) is 17.2. The Bertz CT molecular complexity index is 1110. The van der Waals surface area contributed by atoms with Crippen LogP contribution in [0.1, 0.15) is 51.3 Å². The Morgan fingerprint density at radius 2 is 2.23 bits per heavy atom. The second kappa shape index (κ2) is 9.58. The lowest BCUT2D eigenvalue weighted by molar-refractivity contribution is -0.125. The monoisotopic (exact) mass is 490 g/mol. The SMILES string of the molecule is CCCCCCNC(=O)C1CCCN1Cc1nc2c(sc3ccc(Br)cc32)c(=O)[nH]1. The molecule has 160 valence electrons. The van der Waals surface area contributed by atoms with E-state index in [1.807, 2.05) is 18.2 Å². The van der Waals surface area contributed by atoms with Gasteiger partial charge in [-0.05, 0) is 44.0 Å². The summed E-state index contributed by atoms with van der Waals surface area (Å²) < 4.78 is 2.66. The van der Waals surface area contributed by atoms with Gasteiger partial charge in [-0.25, -0.2) is 4.98 Å². The molecule has 1 fully saturated rings. The van der Waals surface area contributed by atoms with Crippen molar-refractivity contribution >= 4 is 53.5 Å². The number of benzene rings is 1. The van der Waals surface area contributed by atoms with Gasteiger partial charge >= 0.3 is 0 Å². The molecule has 1 unspecified atom stereocenters. The smallest absolute Gasteiger partial charge is 0.268 e. The van der Waals surface area contributed by atoms with Crippen LogP contribution in [0.4, 0.5) is 0 Å². The molecule has 2 N–H and O–H groups in total. The summed E-state index contributed by atoms with van der Waals surface area (Å²) in [6.45, 7) is 4.23. The van der Waals surface area contributed by atoms with E-state index in [2.05, 4.69) is 38.1 Å². The first-order valence-electron chi connectivity index (χ1n) is 10.7. The number of aromatic nitrogens is 2. The molecule has 4 rings (SSSR count). The maximum Gasteiger partial charge on any atom is 0.268 e. The van der Waals surface area contributed by atoms with Crippen LogP contribution in [0.2, 0.25) is 0 Å². The number of aromatic amines is 1. The molecule has 1 aliphatic heterocycles. The highest BCUT2D eigenvalue weighted by Gasteiger charge is 2.31. The van der Waals surface area contributed by atoms with Crippen molar-refractivity contribution in [2.75, 3.05) is 13.1 Å². The maximum absolute atomic E-state index is 12.7. The van der Waals surface area contributed by atoms with Gasteiger partial charge in [0.2, 0.25) is 5.91 Å². The molecule has 3 aromatic rings. The molecule has 3 heterocycles. The summed E-state index contributed by atoms with van der Waals surface area (Å²) >= 11 is 4.97. The first-order valence-corrected chi connectivity index (χ1v) is 12.3. The highest BCUT2D eigenvalue weighted by molar-refractivity contribution is 9.10. The van der Waals surface area contributed by atoms with Crippen LogP contribution in [0.15, 0.2) is 27.5 Å². The fourth-order valence-electron chi connectivity index (χ4n) is 4.13. The number of thiophene rings is 1. The number of carbonyl (C=O) groups is 1. The van der Waals surface area contributed by atoms with Crippen LogP contribution >= 0.6 is 27.3 Å². The topological polar surface area (TPSA) is 78.1 Å². The molecule has 6 nitrogen and oxygen atoms in total. The average molecular weight is 491 g/mol. The van der Waals surface area contributed by atoms with Gasteiger partial charge in [-0.3, -0.25) is 14.5 Å². The standard InChI is InChI=1S/C22H27BrN4O2S/c1-2-3-4-5-10-24-21(28)16-7-6-11-27(16)13-18-25-19-15-12-14(23)8-9-17(15)30-20(19)22(29)26-18/h8-9,12,16H,2-7,10-11,13H2,1H3,(H,24,28)(H,25,26,29). The third kappa shape index (κ3) is 4.60. The van der Waals surface area contributed by atoms with E-state index in [1.54, 1.807) is 0 Å². The molecule has 0 aliphatic carbocycles. The van der Waals surface area contributed by atoms with Crippen molar-refractivity contribution < 1.29 is 4.79 Å². The lowest BCUT2D eigenvalue weighted by Gasteiger charge is -2.23. The first kappa shape index (κ1) is 21.5. The molecule has 30 heavy (non-hydrogen) atoms. The highest BCUT2D eigenvalue weighted by atomic mass is 79.9. The number of likely N-dealkylation sites (tertiary alicyclic amines) is 1. The molecule has 1 amide bonds. The Kier molecular flexibility index (Phi) is 6.85. The third-order valence-corrected chi connectivity index (χ3v) is 7.34. The van der Waals surface area contributed by atoms with Crippen molar-refractivity contribution in [3.05, 3.63) is 38.9 Å². The summed E-state index contributed by atoms with van der Waals surface area (Å²) in [5.74, 6) is 0.715. The average Bonchev–Trinajstić information content (AvgIpc) is 3.33. The van der Waals surface area contributed by atoms with Crippen LogP contribution in [0, 0.1) is 0 Å². The number of halogens is 1. The molecule has 0 bridgehead atoms. The van der Waals surface area contributed by atoms with Gasteiger partial charge in [0.25, 0.3) is 5.56 Å². The van der Waals surface area contributed by atoms with Gasteiger partial charge in [0, 0.05) is 21.1 Å². The summed E-state index contributed by atoms with van der Waals surface area (Å²) in [6.07, 6.45) is 6.41. The summed E-state index contributed by atoms with van der Waals surface area (Å²) in [4.78, 5) is 35.2. The molecule has 1 aromatic carbocycles. The van der Waals surface area contributed by atoms with E-state index in [0.717, 1.165) is 58.8 Å². The molecule has 2 aromatic heterocycles. The van der Waals surface area contributed by atoms with Crippen LogP contribution in [-0.4, -0.2) is 39.9 Å². The fraction of sp³-hybridized carbons (Fsp3) is 0.500. The molecule has 0 spiro atoms. The molecule has 8 heteroatoms. The van der Waals surface area contributed by atoms with Crippen LogP contribution in [0.25, 0.3) is 20.3 Å². The Labute approximate surface area is 188 Å². The molecule has 0 radical (unpaired) electrons. The molecule has 0 saturated carbocycles. The zero-order valence-electron chi connectivity index (χ0n) is 17.2. The number of carbonyl (C=O) groups excluding carboxylic acids is 1. The number of fused-ring (bicyclic) bond motifs is 3. The number of H-pyrrole nitrogens is 1. The van der Waals surface area contributed by atoms with Crippen molar-refractivity contribution in [1.29, 1.82) is 0 Å². The summed E-state index contributed by atoms with van der Waals surface area (Å²) in [5, 5.41) is 4.08. The zero-order chi connectivity index (χ0) is 21.1. The van der Waals surface area contributed by atoms with Gasteiger partial charge in [-0.2, -0.15) is 0 Å². The van der Waals surface area contributed by atoms with Gasteiger partial charge < -0.3 is 10.3 Å². The summed E-state index contributed by atoms with van der Waals surface area (Å²) in [5.41, 5.74) is 0.634. The molecule has 1 saturated heterocycles. The summed E-state index contributed by atoms with van der Waals surface area (Å²) in [6, 6.07) is 5.84. The number of nitrogens with zero attached hydrogens (tertiary/aromatic N) is 2. The van der Waals surface area contributed by atoms with Crippen molar-refractivity contribution in [2.45, 2.75) is 58.0 Å². The Hall–Kier alpha value is -1.77. The van der Waals surface area contributed by atoms with Gasteiger partial charge in [-0.15, -0.1) is 11.3 Å².